The monoisotopic (exact) mass is 148 g/mol. The smallest absolute Gasteiger partial charge is 0.0578 e. The molecule has 1 heterocycles. The molecular weight excluding hydrogens is 136 g/mol. The summed E-state index contributed by atoms with van der Waals surface area (Å²) in [5.74, 6) is 0. The molecule has 2 heteroatoms. The second kappa shape index (κ2) is 3.19. The molecule has 0 spiro atoms. The lowest BCUT2D eigenvalue weighted by atomic mass is 10.2. The molecule has 0 radical (unpaired) electrons. The lowest BCUT2D eigenvalue weighted by Crippen LogP contribution is -2.19. The molecule has 0 saturated heterocycles. The summed E-state index contributed by atoms with van der Waals surface area (Å²) < 4.78 is 0. The third kappa shape index (κ3) is 1.80. The number of hydrogen-bond acceptors (Lipinski definition) is 1. The van der Waals surface area contributed by atoms with Crippen molar-refractivity contribution in [2.75, 3.05) is 0 Å². The zero-order valence-electron chi connectivity index (χ0n) is 6.89. The Morgan fingerprint density at radius 2 is 2.45 bits per heavy atom. The maximum atomic E-state index is 3.86. The highest BCUT2D eigenvalue weighted by Gasteiger charge is 1.83. The van der Waals surface area contributed by atoms with E-state index in [1.807, 2.05) is 26.0 Å². The van der Waals surface area contributed by atoms with Gasteiger partial charge in [-0.05, 0) is 19.9 Å². The van der Waals surface area contributed by atoms with Crippen LogP contribution in [0.5, 0.6) is 0 Å². The van der Waals surface area contributed by atoms with Crippen LogP contribution >= 0.6 is 0 Å². The van der Waals surface area contributed by atoms with Gasteiger partial charge in [0.1, 0.15) is 0 Å². The van der Waals surface area contributed by atoms with Crippen molar-refractivity contribution in [2.24, 2.45) is 0 Å². The normalized spacial score (nSPS) is 14.0. The van der Waals surface area contributed by atoms with E-state index in [1.54, 1.807) is 6.20 Å². The van der Waals surface area contributed by atoms with Crippen LogP contribution in [0.25, 0.3) is 12.7 Å². The molecular formula is C9H12N2. The van der Waals surface area contributed by atoms with Gasteiger partial charge in [0.15, 0.2) is 0 Å². The predicted molar refractivity (Wildman–Crippen MR) is 47.3 cm³/mol. The van der Waals surface area contributed by atoms with E-state index in [9.17, 15) is 0 Å². The van der Waals surface area contributed by atoms with E-state index in [-0.39, 0.29) is 0 Å². The second-order valence-electron chi connectivity index (χ2n) is 2.48. The van der Waals surface area contributed by atoms with Crippen LogP contribution in [0.2, 0.25) is 0 Å². The molecule has 1 rings (SSSR count). The van der Waals surface area contributed by atoms with E-state index in [0.717, 1.165) is 10.6 Å². The highest BCUT2D eigenvalue weighted by Crippen LogP contribution is 1.90. The van der Waals surface area contributed by atoms with Gasteiger partial charge in [0, 0.05) is 5.22 Å². The van der Waals surface area contributed by atoms with Crippen LogP contribution in [-0.2, 0) is 0 Å². The summed E-state index contributed by atoms with van der Waals surface area (Å²) >= 11 is 0. The Hall–Kier alpha value is -1.31. The van der Waals surface area contributed by atoms with Crippen molar-refractivity contribution in [1.29, 1.82) is 0 Å². The van der Waals surface area contributed by atoms with Crippen LogP contribution < -0.4 is 10.6 Å². The Kier molecular flexibility index (Phi) is 2.26. The average molecular weight is 148 g/mol. The van der Waals surface area contributed by atoms with Crippen LogP contribution in [0, 0.1) is 0 Å². The van der Waals surface area contributed by atoms with Crippen molar-refractivity contribution in [3.05, 3.63) is 28.4 Å². The Morgan fingerprint density at radius 1 is 1.73 bits per heavy atom. The third-order valence-electron chi connectivity index (χ3n) is 1.59. The Balaban J connectivity index is 3.21. The fraction of sp³-hybridized carbons (Fsp3) is 0.222. The topological polar surface area (TPSA) is 28.7 Å². The lowest BCUT2D eigenvalue weighted by Gasteiger charge is -1.83. The zero-order chi connectivity index (χ0) is 8.27. The summed E-state index contributed by atoms with van der Waals surface area (Å²) in [6.07, 6.45) is 5.87. The lowest BCUT2D eigenvalue weighted by molar-refractivity contribution is 1.06. The number of aromatic nitrogens is 2. The fourth-order valence-electron chi connectivity index (χ4n) is 0.775. The molecule has 0 amide bonds. The molecule has 0 bridgehead atoms. The van der Waals surface area contributed by atoms with Crippen molar-refractivity contribution in [1.82, 2.24) is 10.2 Å². The molecule has 58 valence electrons. The van der Waals surface area contributed by atoms with E-state index in [2.05, 4.69) is 16.8 Å². The number of rotatable bonds is 1. The minimum absolute atomic E-state index is 0.867. The number of H-pyrrole nitrogens is 1. The number of aromatic amines is 1. The zero-order valence-corrected chi connectivity index (χ0v) is 6.89. The van der Waals surface area contributed by atoms with Crippen LogP contribution in [0.4, 0.5) is 0 Å². The van der Waals surface area contributed by atoms with Gasteiger partial charge in [-0.2, -0.15) is 5.10 Å². The third-order valence-corrected chi connectivity index (χ3v) is 1.59. The molecule has 1 N–H and O–H groups in total. The first-order chi connectivity index (χ1) is 5.24. The predicted octanol–water partition coefficient (Wildman–Crippen LogP) is 0.567. The maximum absolute atomic E-state index is 3.86. The summed E-state index contributed by atoms with van der Waals surface area (Å²) in [7, 11) is 0. The van der Waals surface area contributed by atoms with Gasteiger partial charge >= 0.3 is 0 Å². The number of hydrogen-bond donors (Lipinski definition) is 1. The summed E-state index contributed by atoms with van der Waals surface area (Å²) in [5, 5.41) is 8.56. The number of nitrogens with zero attached hydrogens (tertiary/aromatic N) is 1. The van der Waals surface area contributed by atoms with Gasteiger partial charge in [-0.25, -0.2) is 0 Å². The fourth-order valence-corrected chi connectivity index (χ4v) is 0.775. The molecule has 1 aromatic rings. The molecule has 0 aliphatic rings. The van der Waals surface area contributed by atoms with E-state index in [0.29, 0.717) is 0 Å². The molecule has 11 heavy (non-hydrogen) atoms. The molecule has 0 aromatic carbocycles. The summed E-state index contributed by atoms with van der Waals surface area (Å²) in [6.45, 7) is 7.85. The SMILES string of the molecule is C=c1[nH]nc/c1=C/C(C)=C\C. The molecule has 0 atom stereocenters. The van der Waals surface area contributed by atoms with Gasteiger partial charge in [-0.1, -0.05) is 18.2 Å². The molecule has 0 unspecified atom stereocenters. The molecule has 0 saturated carbocycles. The summed E-state index contributed by atoms with van der Waals surface area (Å²) in [6, 6.07) is 0. The van der Waals surface area contributed by atoms with Gasteiger partial charge in [0.25, 0.3) is 0 Å². The second-order valence-corrected chi connectivity index (χ2v) is 2.48. The van der Waals surface area contributed by atoms with Crippen LogP contribution in [-0.4, -0.2) is 10.2 Å². The molecule has 2 nitrogen and oxygen atoms in total. The van der Waals surface area contributed by atoms with Gasteiger partial charge < -0.3 is 0 Å². The minimum atomic E-state index is 0.867. The van der Waals surface area contributed by atoms with E-state index < -0.39 is 0 Å². The van der Waals surface area contributed by atoms with Crippen LogP contribution in [0.15, 0.2) is 17.8 Å². The Labute approximate surface area is 65.9 Å². The number of nitrogens with one attached hydrogen (secondary N) is 1. The van der Waals surface area contributed by atoms with E-state index in [4.69, 9.17) is 0 Å². The van der Waals surface area contributed by atoms with Crippen LogP contribution in [0.1, 0.15) is 13.8 Å². The molecule has 0 fully saturated rings. The quantitative estimate of drug-likeness (QED) is 0.619. The van der Waals surface area contributed by atoms with Crippen LogP contribution in [0.3, 0.4) is 0 Å². The highest BCUT2D eigenvalue weighted by molar-refractivity contribution is 5.43. The maximum Gasteiger partial charge on any atom is 0.0578 e. The van der Waals surface area contributed by atoms with Crippen molar-refractivity contribution in [3.8, 4) is 0 Å². The Bertz CT molecular complexity index is 357. The first-order valence-electron chi connectivity index (χ1n) is 3.57. The largest absolute Gasteiger partial charge is 0.278 e. The Morgan fingerprint density at radius 3 is 2.91 bits per heavy atom. The first kappa shape index (κ1) is 7.79. The van der Waals surface area contributed by atoms with Crippen molar-refractivity contribution in [3.63, 3.8) is 0 Å². The average Bonchev–Trinajstić information content (AvgIpc) is 2.37. The van der Waals surface area contributed by atoms with Gasteiger partial charge in [0.05, 0.1) is 11.5 Å². The first-order valence-corrected chi connectivity index (χ1v) is 3.57. The molecule has 1 aromatic heterocycles. The van der Waals surface area contributed by atoms with Gasteiger partial charge in [-0.15, -0.1) is 0 Å². The van der Waals surface area contributed by atoms with Gasteiger partial charge in [-0.3, -0.25) is 5.10 Å². The minimum Gasteiger partial charge on any atom is -0.278 e. The van der Waals surface area contributed by atoms with E-state index >= 15 is 0 Å². The summed E-state index contributed by atoms with van der Waals surface area (Å²) in [5.41, 5.74) is 1.22. The summed E-state index contributed by atoms with van der Waals surface area (Å²) in [4.78, 5) is 0. The highest BCUT2D eigenvalue weighted by atomic mass is 15.1. The van der Waals surface area contributed by atoms with Gasteiger partial charge in [0.2, 0.25) is 0 Å². The number of allylic oxidation sites excluding steroid dienone is 2. The molecule has 0 aliphatic carbocycles. The standard InChI is InChI=1S/C9H12N2/c1-4-7(2)5-9-6-10-11-8(9)3/h4-6,11H,3H2,1-2H3/b7-4-,9-5-. The molecule has 0 aliphatic heterocycles. The van der Waals surface area contributed by atoms with Crippen molar-refractivity contribution in [2.45, 2.75) is 13.8 Å². The van der Waals surface area contributed by atoms with E-state index in [1.165, 1.54) is 5.57 Å². The van der Waals surface area contributed by atoms with Crippen molar-refractivity contribution >= 4 is 12.7 Å². The van der Waals surface area contributed by atoms with Crippen molar-refractivity contribution < 1.29 is 0 Å².